The van der Waals surface area contributed by atoms with Gasteiger partial charge in [-0.1, -0.05) is 13.8 Å². The van der Waals surface area contributed by atoms with Gasteiger partial charge in [0, 0.05) is 25.0 Å². The number of imidazole rings is 1. The van der Waals surface area contributed by atoms with Gasteiger partial charge in [-0.3, -0.25) is 4.57 Å². The van der Waals surface area contributed by atoms with Crippen molar-refractivity contribution >= 4 is 29.9 Å². The molecule has 1 unspecified atom stereocenters. The third kappa shape index (κ3) is 6.58. The molecule has 5 nitrogen and oxygen atoms in total. The van der Waals surface area contributed by atoms with E-state index in [1.165, 1.54) is 12.4 Å². The highest BCUT2D eigenvalue weighted by molar-refractivity contribution is 14.0. The van der Waals surface area contributed by atoms with Crippen LogP contribution < -0.4 is 10.6 Å². The number of nitrogens with zero attached hydrogens (tertiary/aromatic N) is 3. The Kier molecular flexibility index (Phi) is 9.47. The summed E-state index contributed by atoms with van der Waals surface area (Å²) in [5.74, 6) is 1.30. The summed E-state index contributed by atoms with van der Waals surface area (Å²) in [6.45, 7) is 6.44. The minimum absolute atomic E-state index is 0. The molecule has 0 saturated carbocycles. The van der Waals surface area contributed by atoms with Crippen molar-refractivity contribution in [1.82, 2.24) is 20.2 Å². The van der Waals surface area contributed by atoms with Crippen molar-refractivity contribution in [3.05, 3.63) is 18.2 Å². The van der Waals surface area contributed by atoms with Crippen LogP contribution in [0.15, 0.2) is 17.4 Å². The number of halogens is 3. The first kappa shape index (κ1) is 20.1. The Bertz CT molecular complexity index is 434. The molecule has 0 aliphatic rings. The fourth-order valence-electron chi connectivity index (χ4n) is 1.50. The molecule has 0 fully saturated rings. The third-order valence-electron chi connectivity index (χ3n) is 3.05. The predicted molar refractivity (Wildman–Crippen MR) is 91.1 cm³/mol. The van der Waals surface area contributed by atoms with E-state index in [-0.39, 0.29) is 42.4 Å². The summed E-state index contributed by atoms with van der Waals surface area (Å²) in [5, 5.41) is 6.34. The van der Waals surface area contributed by atoms with Crippen LogP contribution in [0, 0.1) is 5.92 Å². The van der Waals surface area contributed by atoms with Gasteiger partial charge < -0.3 is 10.6 Å². The molecule has 1 rings (SSSR count). The van der Waals surface area contributed by atoms with E-state index in [1.54, 1.807) is 0 Å². The zero-order valence-corrected chi connectivity index (χ0v) is 15.1. The minimum Gasteiger partial charge on any atom is -0.357 e. The van der Waals surface area contributed by atoms with Gasteiger partial charge in [-0.05, 0) is 19.8 Å². The number of rotatable bonds is 6. The summed E-state index contributed by atoms with van der Waals surface area (Å²) in [7, 11) is 0. The molecule has 1 aromatic heterocycles. The number of aromatic nitrogens is 2. The molecule has 1 aromatic rings. The maximum Gasteiger partial charge on any atom is 0.319 e. The van der Waals surface area contributed by atoms with E-state index in [9.17, 15) is 8.78 Å². The number of guanidine groups is 1. The molecule has 0 aliphatic heterocycles. The summed E-state index contributed by atoms with van der Waals surface area (Å²) in [6.07, 6.45) is 2.61. The van der Waals surface area contributed by atoms with Crippen LogP contribution in [-0.2, 0) is 6.54 Å². The topological polar surface area (TPSA) is 54.2 Å². The Balaban J connectivity index is 0.00000400. The average Bonchev–Trinajstić information content (AvgIpc) is 2.84. The Morgan fingerprint density at radius 1 is 1.38 bits per heavy atom. The van der Waals surface area contributed by atoms with Crippen molar-refractivity contribution in [3.63, 3.8) is 0 Å². The van der Waals surface area contributed by atoms with Crippen LogP contribution in [0.4, 0.5) is 8.78 Å². The zero-order chi connectivity index (χ0) is 15.1. The number of hydrogen-bond donors (Lipinski definition) is 2. The molecule has 0 saturated heterocycles. The molecule has 21 heavy (non-hydrogen) atoms. The van der Waals surface area contributed by atoms with Crippen LogP contribution in [0.2, 0.25) is 0 Å². The largest absolute Gasteiger partial charge is 0.357 e. The van der Waals surface area contributed by atoms with Crippen LogP contribution in [-0.4, -0.2) is 28.1 Å². The monoisotopic (exact) mass is 415 g/mol. The minimum atomic E-state index is -2.59. The van der Waals surface area contributed by atoms with Crippen molar-refractivity contribution in [3.8, 4) is 0 Å². The SMILES string of the molecule is CCNC(=NCc1nccn1C(F)F)NC(C)C(C)C.I. The van der Waals surface area contributed by atoms with Gasteiger partial charge >= 0.3 is 6.55 Å². The summed E-state index contributed by atoms with van der Waals surface area (Å²) in [6, 6.07) is 0.239. The van der Waals surface area contributed by atoms with Crippen molar-refractivity contribution < 1.29 is 8.78 Å². The Morgan fingerprint density at radius 3 is 2.57 bits per heavy atom. The summed E-state index contributed by atoms with van der Waals surface area (Å²) in [5.41, 5.74) is 0. The first-order chi connectivity index (χ1) is 9.45. The van der Waals surface area contributed by atoms with E-state index in [1.807, 2.05) is 6.92 Å². The molecule has 122 valence electrons. The molecule has 8 heteroatoms. The smallest absolute Gasteiger partial charge is 0.319 e. The lowest BCUT2D eigenvalue weighted by molar-refractivity contribution is 0.0671. The Labute approximate surface area is 141 Å². The molecule has 0 aromatic carbocycles. The Hall–Kier alpha value is -0.930. The van der Waals surface area contributed by atoms with E-state index < -0.39 is 6.55 Å². The van der Waals surface area contributed by atoms with Crippen molar-refractivity contribution in [2.24, 2.45) is 10.9 Å². The van der Waals surface area contributed by atoms with Gasteiger partial charge in [0.2, 0.25) is 0 Å². The second-order valence-corrected chi connectivity index (χ2v) is 4.90. The summed E-state index contributed by atoms with van der Waals surface area (Å²) < 4.78 is 26.2. The number of alkyl halides is 2. The van der Waals surface area contributed by atoms with E-state index in [0.29, 0.717) is 18.4 Å². The predicted octanol–water partition coefficient (Wildman–Crippen LogP) is 3.00. The van der Waals surface area contributed by atoms with Crippen molar-refractivity contribution in [1.29, 1.82) is 0 Å². The first-order valence-corrected chi connectivity index (χ1v) is 6.80. The fourth-order valence-corrected chi connectivity index (χ4v) is 1.50. The average molecular weight is 415 g/mol. The van der Waals surface area contributed by atoms with E-state index in [4.69, 9.17) is 0 Å². The molecule has 0 radical (unpaired) electrons. The summed E-state index contributed by atoms with van der Waals surface area (Å²) in [4.78, 5) is 8.20. The lowest BCUT2D eigenvalue weighted by atomic mass is 10.1. The zero-order valence-electron chi connectivity index (χ0n) is 12.8. The highest BCUT2D eigenvalue weighted by Crippen LogP contribution is 2.12. The second-order valence-electron chi connectivity index (χ2n) is 4.90. The van der Waals surface area contributed by atoms with E-state index >= 15 is 0 Å². The molecule has 0 spiro atoms. The van der Waals surface area contributed by atoms with Crippen molar-refractivity contribution in [2.75, 3.05) is 6.54 Å². The molecule has 2 N–H and O–H groups in total. The maximum atomic E-state index is 12.7. The van der Waals surface area contributed by atoms with Gasteiger partial charge in [-0.2, -0.15) is 8.78 Å². The van der Waals surface area contributed by atoms with Crippen LogP contribution in [0.1, 0.15) is 40.1 Å². The maximum absolute atomic E-state index is 12.7. The highest BCUT2D eigenvalue weighted by atomic mass is 127. The van der Waals surface area contributed by atoms with Crippen LogP contribution in [0.5, 0.6) is 0 Å². The van der Waals surface area contributed by atoms with Gasteiger partial charge in [0.15, 0.2) is 5.96 Å². The highest BCUT2D eigenvalue weighted by Gasteiger charge is 2.12. The van der Waals surface area contributed by atoms with Crippen molar-refractivity contribution in [2.45, 2.75) is 46.8 Å². The van der Waals surface area contributed by atoms with Gasteiger partial charge in [0.05, 0.1) is 0 Å². The lowest BCUT2D eigenvalue weighted by Crippen LogP contribution is -2.44. The molecular weight excluding hydrogens is 391 g/mol. The molecule has 1 atom stereocenters. The Morgan fingerprint density at radius 2 is 2.05 bits per heavy atom. The number of aliphatic imine (C=N–C) groups is 1. The molecule has 0 aliphatic carbocycles. The van der Waals surface area contributed by atoms with Gasteiger partial charge in [-0.25, -0.2) is 9.98 Å². The normalized spacial score (nSPS) is 13.2. The second kappa shape index (κ2) is 9.91. The molecule has 1 heterocycles. The fraction of sp³-hybridized carbons (Fsp3) is 0.692. The number of hydrogen-bond acceptors (Lipinski definition) is 2. The molecule has 0 bridgehead atoms. The van der Waals surface area contributed by atoms with E-state index in [2.05, 4.69) is 41.4 Å². The van der Waals surface area contributed by atoms with Crippen LogP contribution in [0.3, 0.4) is 0 Å². The summed E-state index contributed by atoms with van der Waals surface area (Å²) >= 11 is 0. The standard InChI is InChI=1S/C13H23F2N5.HI/c1-5-16-13(19-10(4)9(2)3)18-8-11-17-6-7-20(11)12(14)15;/h6-7,9-10,12H,5,8H2,1-4H3,(H2,16,18,19);1H. The quantitative estimate of drug-likeness (QED) is 0.427. The van der Waals surface area contributed by atoms with Crippen LogP contribution >= 0.6 is 24.0 Å². The molecule has 0 amide bonds. The first-order valence-electron chi connectivity index (χ1n) is 6.80. The van der Waals surface area contributed by atoms with E-state index in [0.717, 1.165) is 4.57 Å². The van der Waals surface area contributed by atoms with Gasteiger partial charge in [-0.15, -0.1) is 24.0 Å². The molecular formula is C13H24F2IN5. The lowest BCUT2D eigenvalue weighted by Gasteiger charge is -2.20. The number of nitrogens with one attached hydrogen (secondary N) is 2. The van der Waals surface area contributed by atoms with Gasteiger partial charge in [0.1, 0.15) is 12.4 Å². The van der Waals surface area contributed by atoms with Crippen LogP contribution in [0.25, 0.3) is 0 Å². The van der Waals surface area contributed by atoms with Gasteiger partial charge in [0.25, 0.3) is 0 Å². The third-order valence-corrected chi connectivity index (χ3v) is 3.05.